The Morgan fingerprint density at radius 3 is 2.67 bits per heavy atom. The Morgan fingerprint density at radius 2 is 1.94 bits per heavy atom. The van der Waals surface area contributed by atoms with Crippen molar-refractivity contribution in [3.05, 3.63) is 77.7 Å². The number of imidazole rings is 1. The maximum atomic E-state index is 5.92. The molecule has 0 aliphatic carbocycles. The second-order valence-corrected chi connectivity index (χ2v) is 7.55. The van der Waals surface area contributed by atoms with E-state index in [1.807, 2.05) is 54.1 Å². The highest BCUT2D eigenvalue weighted by Crippen LogP contribution is 2.24. The van der Waals surface area contributed by atoms with Crippen LogP contribution in [-0.2, 0) is 13.6 Å². The fourth-order valence-electron chi connectivity index (χ4n) is 3.08. The van der Waals surface area contributed by atoms with Crippen molar-refractivity contribution in [3.8, 4) is 11.8 Å². The van der Waals surface area contributed by atoms with Gasteiger partial charge in [-0.05, 0) is 48.2 Å². The first-order chi connectivity index (χ1) is 16.0. The largest absolute Gasteiger partial charge is 0.424 e. The Bertz CT molecular complexity index is 1300. The molecule has 2 aromatic heterocycles. The van der Waals surface area contributed by atoms with E-state index in [0.29, 0.717) is 23.2 Å². The minimum atomic E-state index is 0.244. The lowest BCUT2D eigenvalue weighted by Crippen LogP contribution is -2.08. The number of benzene rings is 2. The molecule has 10 heteroatoms. The quantitative estimate of drug-likeness (QED) is 0.266. The number of aromatic nitrogens is 4. The molecule has 4 N–H and O–H groups in total. The molecule has 0 fully saturated rings. The van der Waals surface area contributed by atoms with Gasteiger partial charge in [0.2, 0.25) is 5.95 Å². The zero-order valence-corrected chi connectivity index (χ0v) is 18.9. The molecule has 33 heavy (non-hydrogen) atoms. The Kier molecular flexibility index (Phi) is 6.70. The summed E-state index contributed by atoms with van der Waals surface area (Å²) >= 11 is 5.79. The number of aryl methyl sites for hydroxylation is 1. The molecule has 0 atom stereocenters. The van der Waals surface area contributed by atoms with Gasteiger partial charge in [0, 0.05) is 20.6 Å². The van der Waals surface area contributed by atoms with Gasteiger partial charge >= 0.3 is 6.01 Å². The molecule has 2 aromatic carbocycles. The van der Waals surface area contributed by atoms with Gasteiger partial charge in [0.1, 0.15) is 11.6 Å². The predicted octanol–water partition coefficient (Wildman–Crippen LogP) is 4.14. The molecular weight excluding hydrogens is 440 g/mol. The van der Waals surface area contributed by atoms with E-state index in [4.69, 9.17) is 22.1 Å². The van der Waals surface area contributed by atoms with Crippen molar-refractivity contribution in [2.24, 2.45) is 17.8 Å². The van der Waals surface area contributed by atoms with E-state index >= 15 is 0 Å². The first-order valence-corrected chi connectivity index (χ1v) is 10.5. The topological polar surface area (TPSA) is 115 Å². The Labute approximate surface area is 196 Å². The first-order valence-electron chi connectivity index (χ1n) is 10.1. The summed E-state index contributed by atoms with van der Waals surface area (Å²) in [6, 6.07) is 13.7. The number of fused-ring (bicyclic) bond motifs is 1. The van der Waals surface area contributed by atoms with Gasteiger partial charge < -0.3 is 25.7 Å². The normalized spacial score (nSPS) is 11.8. The van der Waals surface area contributed by atoms with Crippen LogP contribution in [0.4, 0.5) is 11.6 Å². The van der Waals surface area contributed by atoms with Crippen molar-refractivity contribution in [2.75, 3.05) is 12.4 Å². The van der Waals surface area contributed by atoms with E-state index in [-0.39, 0.29) is 6.01 Å². The summed E-state index contributed by atoms with van der Waals surface area (Å²) in [6.07, 6.45) is 6.42. The van der Waals surface area contributed by atoms with Gasteiger partial charge in [0.05, 0.1) is 34.1 Å². The van der Waals surface area contributed by atoms with E-state index in [1.54, 1.807) is 19.3 Å². The van der Waals surface area contributed by atoms with Crippen LogP contribution < -0.4 is 21.1 Å². The van der Waals surface area contributed by atoms with E-state index in [1.165, 1.54) is 12.4 Å². The third-order valence-corrected chi connectivity index (χ3v) is 4.92. The van der Waals surface area contributed by atoms with Gasteiger partial charge in [-0.25, -0.2) is 19.9 Å². The summed E-state index contributed by atoms with van der Waals surface area (Å²) in [7, 11) is 3.76. The molecule has 2 heterocycles. The van der Waals surface area contributed by atoms with Crippen molar-refractivity contribution < 1.29 is 4.74 Å². The lowest BCUT2D eigenvalue weighted by atomic mass is 10.2. The van der Waals surface area contributed by atoms with Gasteiger partial charge in [-0.15, -0.1) is 0 Å². The molecule has 9 nitrogen and oxygen atoms in total. The molecule has 4 rings (SSSR count). The third-order valence-electron chi connectivity index (χ3n) is 4.72. The highest BCUT2D eigenvalue weighted by atomic mass is 35.5. The lowest BCUT2D eigenvalue weighted by molar-refractivity contribution is 0.441. The minimum Gasteiger partial charge on any atom is -0.424 e. The van der Waals surface area contributed by atoms with E-state index in [2.05, 4.69) is 30.6 Å². The molecule has 168 valence electrons. The molecule has 0 radical (unpaired) electrons. The fourth-order valence-corrected chi connectivity index (χ4v) is 3.17. The number of amidine groups is 1. The number of hydrogen-bond donors (Lipinski definition) is 3. The van der Waals surface area contributed by atoms with Crippen LogP contribution in [0.15, 0.2) is 72.1 Å². The molecule has 0 aliphatic heterocycles. The SMILES string of the molecule is CN/C=C\C(N)=Nc1ccc2nc(NCc3ccc(Oc4ncc(Cl)cn4)cc3)n(C)c2c1. The van der Waals surface area contributed by atoms with Crippen molar-refractivity contribution in [2.45, 2.75) is 6.54 Å². The smallest absolute Gasteiger partial charge is 0.321 e. The van der Waals surface area contributed by atoms with Gasteiger partial charge in [0.15, 0.2) is 0 Å². The fraction of sp³-hybridized carbons (Fsp3) is 0.130. The number of nitrogens with one attached hydrogen (secondary N) is 2. The highest BCUT2D eigenvalue weighted by Gasteiger charge is 2.09. The first kappa shape index (κ1) is 22.1. The summed E-state index contributed by atoms with van der Waals surface area (Å²) in [5.41, 5.74) is 9.57. The van der Waals surface area contributed by atoms with Crippen LogP contribution in [0.2, 0.25) is 5.02 Å². The average Bonchev–Trinajstić information content (AvgIpc) is 3.14. The zero-order valence-electron chi connectivity index (χ0n) is 18.2. The third kappa shape index (κ3) is 5.58. The highest BCUT2D eigenvalue weighted by molar-refractivity contribution is 6.30. The maximum Gasteiger partial charge on any atom is 0.321 e. The van der Waals surface area contributed by atoms with Crippen LogP contribution in [0.3, 0.4) is 0 Å². The molecule has 4 aromatic rings. The lowest BCUT2D eigenvalue weighted by Gasteiger charge is -2.08. The maximum absolute atomic E-state index is 5.92. The summed E-state index contributed by atoms with van der Waals surface area (Å²) in [5.74, 6) is 1.81. The number of nitrogens with two attached hydrogens (primary N) is 1. The molecule has 0 unspecified atom stereocenters. The van der Waals surface area contributed by atoms with Crippen LogP contribution in [0.1, 0.15) is 5.56 Å². The molecule has 0 aliphatic rings. The number of halogens is 1. The van der Waals surface area contributed by atoms with Crippen LogP contribution in [0.5, 0.6) is 11.8 Å². The number of aliphatic imine (C=N–C) groups is 1. The van der Waals surface area contributed by atoms with Crippen molar-refractivity contribution in [3.63, 3.8) is 0 Å². The van der Waals surface area contributed by atoms with E-state index in [0.717, 1.165) is 28.2 Å². The van der Waals surface area contributed by atoms with Gasteiger partial charge in [-0.3, -0.25) is 0 Å². The number of rotatable bonds is 8. The summed E-state index contributed by atoms with van der Waals surface area (Å²) in [5, 5.41) is 6.72. The summed E-state index contributed by atoms with van der Waals surface area (Å²) < 4.78 is 7.61. The van der Waals surface area contributed by atoms with Crippen molar-refractivity contribution in [1.29, 1.82) is 0 Å². The molecule has 0 saturated heterocycles. The Hall–Kier alpha value is -4.11. The van der Waals surface area contributed by atoms with Gasteiger partial charge in [-0.2, -0.15) is 0 Å². The van der Waals surface area contributed by atoms with E-state index in [9.17, 15) is 0 Å². The van der Waals surface area contributed by atoms with Gasteiger partial charge in [0.25, 0.3) is 0 Å². The summed E-state index contributed by atoms with van der Waals surface area (Å²) in [4.78, 5) is 17.1. The standard InChI is InChI=1S/C23H23ClN8O/c1-26-10-9-21(25)30-17-5-8-19-20(11-17)32(2)22(31-19)27-12-15-3-6-18(7-4-15)33-23-28-13-16(24)14-29-23/h3-11,13-14,26H,12H2,1-2H3,(H2,25,30)(H,27,31)/b10-9-. The molecule has 0 bridgehead atoms. The van der Waals surface area contributed by atoms with Crippen LogP contribution in [-0.4, -0.2) is 32.4 Å². The molecule has 0 amide bonds. The minimum absolute atomic E-state index is 0.244. The molecule has 0 spiro atoms. The Balaban J connectivity index is 1.43. The number of nitrogens with zero attached hydrogens (tertiary/aromatic N) is 5. The molecule has 0 saturated carbocycles. The molecular formula is C23H23ClN8O. The number of hydrogen-bond acceptors (Lipinski definition) is 7. The second-order valence-electron chi connectivity index (χ2n) is 7.11. The van der Waals surface area contributed by atoms with Crippen molar-refractivity contribution in [1.82, 2.24) is 24.8 Å². The summed E-state index contributed by atoms with van der Waals surface area (Å²) in [6.45, 7) is 0.599. The van der Waals surface area contributed by atoms with Crippen LogP contribution in [0, 0.1) is 0 Å². The predicted molar refractivity (Wildman–Crippen MR) is 131 cm³/mol. The Morgan fingerprint density at radius 1 is 1.18 bits per heavy atom. The average molecular weight is 463 g/mol. The monoisotopic (exact) mass is 462 g/mol. The van der Waals surface area contributed by atoms with Gasteiger partial charge in [-0.1, -0.05) is 23.7 Å². The van der Waals surface area contributed by atoms with Crippen molar-refractivity contribution >= 4 is 40.1 Å². The number of anilines is 1. The second kappa shape index (κ2) is 10.0. The van der Waals surface area contributed by atoms with E-state index < -0.39 is 0 Å². The zero-order chi connectivity index (χ0) is 23.2. The van der Waals surface area contributed by atoms with Crippen LogP contribution in [0.25, 0.3) is 11.0 Å². The van der Waals surface area contributed by atoms with Crippen LogP contribution >= 0.6 is 11.6 Å². The number of ether oxygens (including phenoxy) is 1.